The number of nitrogens with zero attached hydrogens (tertiary/aromatic N) is 7. The van der Waals surface area contributed by atoms with Crippen LogP contribution in [0.4, 0.5) is 17.2 Å². The third-order valence-electron chi connectivity index (χ3n) is 5.46. The minimum absolute atomic E-state index is 0.00593. The van der Waals surface area contributed by atoms with Gasteiger partial charge in [0, 0.05) is 23.5 Å². The van der Waals surface area contributed by atoms with Crippen LogP contribution in [0.1, 0.15) is 15.9 Å². The van der Waals surface area contributed by atoms with Crippen molar-refractivity contribution in [1.82, 2.24) is 19.7 Å². The van der Waals surface area contributed by atoms with Gasteiger partial charge in [0.05, 0.1) is 25.1 Å². The van der Waals surface area contributed by atoms with Gasteiger partial charge in [-0.05, 0) is 35.7 Å². The van der Waals surface area contributed by atoms with E-state index in [1.807, 2.05) is 12.1 Å². The number of carbonyl (C=O) groups is 1. The monoisotopic (exact) mass is 490 g/mol. The Kier molecular flexibility index (Phi) is 6.21. The zero-order valence-electron chi connectivity index (χ0n) is 19.4. The minimum atomic E-state index is -0.535. The van der Waals surface area contributed by atoms with Gasteiger partial charge in [0.25, 0.3) is 5.91 Å². The number of phenols is 1. The van der Waals surface area contributed by atoms with Gasteiger partial charge in [-0.25, -0.2) is 4.98 Å². The Balaban J connectivity index is 1.58. The van der Waals surface area contributed by atoms with Crippen LogP contribution in [0.15, 0.2) is 89.6 Å². The molecule has 11 heteroatoms. The fraction of sp³-hybridized carbons (Fsp3) is 0.0385. The maximum absolute atomic E-state index is 13.1. The Morgan fingerprint density at radius 3 is 2.65 bits per heavy atom. The smallest absolute Gasteiger partial charge is 0.259 e. The van der Waals surface area contributed by atoms with Crippen molar-refractivity contribution in [1.29, 1.82) is 5.26 Å². The van der Waals surface area contributed by atoms with Gasteiger partial charge in [0.2, 0.25) is 0 Å². The van der Waals surface area contributed by atoms with Gasteiger partial charge in [0.1, 0.15) is 23.1 Å². The highest BCUT2D eigenvalue weighted by Gasteiger charge is 2.20. The zero-order chi connectivity index (χ0) is 25.8. The molecule has 0 atom stereocenters. The maximum atomic E-state index is 13.1. The van der Waals surface area contributed by atoms with E-state index in [2.05, 4.69) is 30.6 Å². The van der Waals surface area contributed by atoms with Crippen molar-refractivity contribution in [3.05, 3.63) is 90.5 Å². The molecule has 0 saturated heterocycles. The van der Waals surface area contributed by atoms with E-state index < -0.39 is 5.91 Å². The van der Waals surface area contributed by atoms with Crippen LogP contribution in [0.3, 0.4) is 0 Å². The van der Waals surface area contributed by atoms with Gasteiger partial charge in [-0.3, -0.25) is 9.78 Å². The van der Waals surface area contributed by atoms with E-state index in [4.69, 9.17) is 4.74 Å². The summed E-state index contributed by atoms with van der Waals surface area (Å²) in [5.41, 5.74) is 0.736. The molecule has 0 saturated carbocycles. The van der Waals surface area contributed by atoms with E-state index in [1.54, 1.807) is 55.6 Å². The molecule has 3 aromatic carbocycles. The maximum Gasteiger partial charge on any atom is 0.259 e. The molecular weight excluding hydrogens is 472 g/mol. The highest BCUT2D eigenvalue weighted by molar-refractivity contribution is 6.11. The average Bonchev–Trinajstić information content (AvgIpc) is 3.36. The van der Waals surface area contributed by atoms with Crippen LogP contribution in [0.25, 0.3) is 16.6 Å². The van der Waals surface area contributed by atoms with Gasteiger partial charge < -0.3 is 15.2 Å². The SMILES string of the molecule is COc1ccc(NC(=O)c2cc3ccccc3c(/N=N/c3c(C#N)cnn3-c3cnccn3)c2O)cc1. The molecule has 1 amide bonds. The number of methoxy groups -OCH3 is 1. The average molecular weight is 490 g/mol. The van der Waals surface area contributed by atoms with Crippen molar-refractivity contribution in [3.8, 4) is 23.4 Å². The number of benzene rings is 3. The summed E-state index contributed by atoms with van der Waals surface area (Å²) in [5.74, 6) is 0.177. The summed E-state index contributed by atoms with van der Waals surface area (Å²) in [5, 5.41) is 37.3. The first kappa shape index (κ1) is 23.1. The standard InChI is InChI=1S/C26H18N8O3/c1-37-19-8-6-18(7-9-19)31-26(36)21-12-16-4-2-3-5-20(16)23(24(21)35)32-33-25-17(13-27)14-30-34(25)22-15-28-10-11-29-22/h2-12,14-15,35H,1H3,(H,31,36)/b33-32+. The number of hydrogen-bond donors (Lipinski definition) is 2. The molecule has 2 N–H and O–H groups in total. The zero-order valence-corrected chi connectivity index (χ0v) is 19.4. The molecule has 11 nitrogen and oxygen atoms in total. The van der Waals surface area contributed by atoms with Crippen LogP contribution in [-0.2, 0) is 0 Å². The summed E-state index contributed by atoms with van der Waals surface area (Å²) in [6.07, 6.45) is 5.78. The Morgan fingerprint density at radius 1 is 1.11 bits per heavy atom. The summed E-state index contributed by atoms with van der Waals surface area (Å²) in [7, 11) is 1.55. The molecular formula is C26H18N8O3. The number of hydrogen-bond acceptors (Lipinski definition) is 9. The Bertz CT molecular complexity index is 1670. The molecule has 5 aromatic rings. The van der Waals surface area contributed by atoms with Gasteiger partial charge in [-0.15, -0.1) is 10.2 Å². The van der Waals surface area contributed by atoms with E-state index in [1.165, 1.54) is 29.5 Å². The molecule has 0 fully saturated rings. The lowest BCUT2D eigenvalue weighted by molar-refractivity contribution is 0.102. The van der Waals surface area contributed by atoms with Crippen molar-refractivity contribution < 1.29 is 14.6 Å². The topological polar surface area (TPSA) is 151 Å². The molecule has 2 heterocycles. The van der Waals surface area contributed by atoms with Gasteiger partial charge in [0.15, 0.2) is 17.4 Å². The second-order valence-electron chi connectivity index (χ2n) is 7.69. The molecule has 5 rings (SSSR count). The molecule has 0 bridgehead atoms. The predicted molar refractivity (Wildman–Crippen MR) is 135 cm³/mol. The van der Waals surface area contributed by atoms with E-state index in [9.17, 15) is 15.2 Å². The number of nitrogens with one attached hydrogen (secondary N) is 1. The molecule has 0 unspecified atom stereocenters. The third-order valence-corrected chi connectivity index (χ3v) is 5.46. The summed E-state index contributed by atoms with van der Waals surface area (Å²) in [6, 6.07) is 17.5. The van der Waals surface area contributed by atoms with Crippen LogP contribution in [0.2, 0.25) is 0 Å². The number of aromatic hydroxyl groups is 1. The number of phenolic OH excluding ortho intramolecular Hbond substituents is 1. The lowest BCUT2D eigenvalue weighted by atomic mass is 10.0. The summed E-state index contributed by atoms with van der Waals surface area (Å²) >= 11 is 0. The molecule has 0 aliphatic carbocycles. The second kappa shape index (κ2) is 9.93. The van der Waals surface area contributed by atoms with Crippen LogP contribution in [0.5, 0.6) is 11.5 Å². The van der Waals surface area contributed by atoms with E-state index in [-0.39, 0.29) is 28.4 Å². The Hall–Kier alpha value is -5.63. The summed E-state index contributed by atoms with van der Waals surface area (Å²) in [4.78, 5) is 21.3. The first-order valence-electron chi connectivity index (χ1n) is 11.0. The first-order chi connectivity index (χ1) is 18.1. The Labute approximate surface area is 210 Å². The number of anilines is 1. The lowest BCUT2D eigenvalue weighted by Gasteiger charge is -2.11. The normalized spacial score (nSPS) is 10.9. The third kappa shape index (κ3) is 4.54. The van der Waals surface area contributed by atoms with E-state index >= 15 is 0 Å². The molecule has 0 aliphatic heterocycles. The van der Waals surface area contributed by atoms with Crippen LogP contribution in [0, 0.1) is 11.3 Å². The predicted octanol–water partition coefficient (Wildman–Crippen LogP) is 5.07. The van der Waals surface area contributed by atoms with Crippen LogP contribution in [-0.4, -0.2) is 37.9 Å². The number of azo groups is 1. The molecule has 0 aliphatic rings. The van der Waals surface area contributed by atoms with Gasteiger partial charge in [-0.1, -0.05) is 24.3 Å². The lowest BCUT2D eigenvalue weighted by Crippen LogP contribution is -2.12. The fourth-order valence-corrected chi connectivity index (χ4v) is 3.65. The summed E-state index contributed by atoms with van der Waals surface area (Å²) in [6.45, 7) is 0. The van der Waals surface area contributed by atoms with Crippen molar-refractivity contribution in [2.75, 3.05) is 12.4 Å². The second-order valence-corrected chi connectivity index (χ2v) is 7.69. The minimum Gasteiger partial charge on any atom is -0.505 e. The van der Waals surface area contributed by atoms with Crippen LogP contribution >= 0.6 is 0 Å². The number of aromatic nitrogens is 4. The van der Waals surface area contributed by atoms with Gasteiger partial charge >= 0.3 is 0 Å². The quantitative estimate of drug-likeness (QED) is 0.315. The van der Waals surface area contributed by atoms with Crippen molar-refractivity contribution in [2.24, 2.45) is 10.2 Å². The number of fused-ring (bicyclic) bond motifs is 1. The molecule has 0 radical (unpaired) electrons. The van der Waals surface area contributed by atoms with Gasteiger partial charge in [-0.2, -0.15) is 15.0 Å². The number of ether oxygens (including phenoxy) is 1. The van der Waals surface area contributed by atoms with Crippen molar-refractivity contribution in [3.63, 3.8) is 0 Å². The molecule has 180 valence electrons. The number of amides is 1. The Morgan fingerprint density at radius 2 is 1.92 bits per heavy atom. The van der Waals surface area contributed by atoms with Crippen LogP contribution < -0.4 is 10.1 Å². The number of rotatable bonds is 6. The number of nitriles is 1. The fourth-order valence-electron chi connectivity index (χ4n) is 3.65. The highest BCUT2D eigenvalue weighted by Crippen LogP contribution is 2.40. The molecule has 2 aromatic heterocycles. The van der Waals surface area contributed by atoms with Crippen molar-refractivity contribution in [2.45, 2.75) is 0 Å². The van der Waals surface area contributed by atoms with Crippen molar-refractivity contribution >= 4 is 33.9 Å². The number of carbonyl (C=O) groups excluding carboxylic acids is 1. The molecule has 37 heavy (non-hydrogen) atoms. The highest BCUT2D eigenvalue weighted by atomic mass is 16.5. The van der Waals surface area contributed by atoms with E-state index in [0.717, 1.165) is 0 Å². The molecule has 0 spiro atoms. The van der Waals surface area contributed by atoms with E-state index in [0.29, 0.717) is 28.0 Å². The summed E-state index contributed by atoms with van der Waals surface area (Å²) < 4.78 is 6.46. The largest absolute Gasteiger partial charge is 0.505 e. The first-order valence-corrected chi connectivity index (χ1v) is 11.0.